The molecule has 130 valence electrons. The highest BCUT2D eigenvalue weighted by atomic mass is 16.6. The van der Waals surface area contributed by atoms with Crippen LogP contribution in [0.25, 0.3) is 0 Å². The SMILES string of the molecule is CCOC(=O)N1CCN(c2ccc(NC(=O)C3CCC3)cn2)CC1. The molecule has 1 N–H and O–H groups in total. The molecule has 0 radical (unpaired) electrons. The molecule has 2 amide bonds. The van der Waals surface area contributed by atoms with E-state index in [-0.39, 0.29) is 17.9 Å². The number of ether oxygens (including phenoxy) is 1. The summed E-state index contributed by atoms with van der Waals surface area (Å²) in [6.07, 6.45) is 4.57. The summed E-state index contributed by atoms with van der Waals surface area (Å²) < 4.78 is 5.02. The molecular weight excluding hydrogens is 308 g/mol. The number of rotatable bonds is 4. The van der Waals surface area contributed by atoms with E-state index in [0.29, 0.717) is 19.7 Å². The van der Waals surface area contributed by atoms with Crippen molar-refractivity contribution in [3.05, 3.63) is 18.3 Å². The molecule has 1 aliphatic carbocycles. The van der Waals surface area contributed by atoms with E-state index in [2.05, 4.69) is 15.2 Å². The number of hydrogen-bond acceptors (Lipinski definition) is 5. The average molecular weight is 332 g/mol. The van der Waals surface area contributed by atoms with Crippen LogP contribution < -0.4 is 10.2 Å². The van der Waals surface area contributed by atoms with Gasteiger partial charge in [-0.2, -0.15) is 0 Å². The molecule has 1 aromatic rings. The molecule has 2 fully saturated rings. The molecule has 0 bridgehead atoms. The maximum absolute atomic E-state index is 11.9. The maximum atomic E-state index is 11.9. The van der Waals surface area contributed by atoms with Gasteiger partial charge in [-0.3, -0.25) is 4.79 Å². The third-order valence-corrected chi connectivity index (χ3v) is 4.62. The van der Waals surface area contributed by atoms with Gasteiger partial charge in [0, 0.05) is 32.1 Å². The molecule has 24 heavy (non-hydrogen) atoms. The third-order valence-electron chi connectivity index (χ3n) is 4.62. The Labute approximate surface area is 142 Å². The first-order valence-electron chi connectivity index (χ1n) is 8.61. The van der Waals surface area contributed by atoms with Crippen LogP contribution in [0, 0.1) is 5.92 Å². The zero-order valence-corrected chi connectivity index (χ0v) is 14.0. The molecule has 0 unspecified atom stereocenters. The summed E-state index contributed by atoms with van der Waals surface area (Å²) in [5.41, 5.74) is 0.737. The highest BCUT2D eigenvalue weighted by Gasteiger charge is 2.25. The van der Waals surface area contributed by atoms with Crippen molar-refractivity contribution >= 4 is 23.5 Å². The number of aromatic nitrogens is 1. The van der Waals surface area contributed by atoms with E-state index in [0.717, 1.165) is 43.9 Å². The number of nitrogens with zero attached hydrogens (tertiary/aromatic N) is 3. The van der Waals surface area contributed by atoms with Gasteiger partial charge in [-0.05, 0) is 31.9 Å². The first kappa shape index (κ1) is 16.5. The van der Waals surface area contributed by atoms with Gasteiger partial charge < -0.3 is 19.9 Å². The molecule has 2 aliphatic rings. The molecule has 3 rings (SSSR count). The fourth-order valence-electron chi connectivity index (χ4n) is 2.89. The van der Waals surface area contributed by atoms with Crippen LogP contribution in [0.4, 0.5) is 16.3 Å². The van der Waals surface area contributed by atoms with E-state index < -0.39 is 0 Å². The summed E-state index contributed by atoms with van der Waals surface area (Å²) >= 11 is 0. The van der Waals surface area contributed by atoms with Crippen molar-refractivity contribution in [2.45, 2.75) is 26.2 Å². The Morgan fingerprint density at radius 1 is 1.25 bits per heavy atom. The number of hydrogen-bond donors (Lipinski definition) is 1. The Morgan fingerprint density at radius 2 is 2.00 bits per heavy atom. The molecule has 0 aromatic carbocycles. The zero-order chi connectivity index (χ0) is 16.9. The minimum Gasteiger partial charge on any atom is -0.450 e. The third kappa shape index (κ3) is 3.77. The normalized spacial score (nSPS) is 18.0. The number of piperazine rings is 1. The molecule has 1 aromatic heterocycles. The van der Waals surface area contributed by atoms with Crippen LogP contribution in [0.5, 0.6) is 0 Å². The van der Waals surface area contributed by atoms with Gasteiger partial charge in [-0.15, -0.1) is 0 Å². The molecule has 7 nitrogen and oxygen atoms in total. The highest BCUT2D eigenvalue weighted by Crippen LogP contribution is 2.27. The first-order valence-corrected chi connectivity index (χ1v) is 8.61. The van der Waals surface area contributed by atoms with Crippen LogP contribution in [-0.4, -0.2) is 54.7 Å². The number of carbonyl (C=O) groups is 2. The number of anilines is 2. The van der Waals surface area contributed by atoms with Crippen molar-refractivity contribution in [3.8, 4) is 0 Å². The number of amides is 2. The molecular formula is C17H24N4O3. The lowest BCUT2D eigenvalue weighted by molar-refractivity contribution is -0.122. The average Bonchev–Trinajstić information content (AvgIpc) is 2.54. The van der Waals surface area contributed by atoms with Crippen molar-refractivity contribution in [3.63, 3.8) is 0 Å². The smallest absolute Gasteiger partial charge is 0.409 e. The topological polar surface area (TPSA) is 74.8 Å². The summed E-state index contributed by atoms with van der Waals surface area (Å²) in [6.45, 7) is 4.90. The summed E-state index contributed by atoms with van der Waals surface area (Å²) in [5, 5.41) is 2.92. The summed E-state index contributed by atoms with van der Waals surface area (Å²) in [6, 6.07) is 3.80. The first-order chi connectivity index (χ1) is 11.7. The number of nitrogens with one attached hydrogen (secondary N) is 1. The minimum atomic E-state index is -0.251. The Balaban J connectivity index is 1.51. The lowest BCUT2D eigenvalue weighted by Gasteiger charge is -2.34. The lowest BCUT2D eigenvalue weighted by Crippen LogP contribution is -2.49. The van der Waals surface area contributed by atoms with E-state index >= 15 is 0 Å². The standard InChI is InChI=1S/C17H24N4O3/c1-2-24-17(23)21-10-8-20(9-11-21)15-7-6-14(12-18-15)19-16(22)13-4-3-5-13/h6-7,12-13H,2-5,8-11H2,1H3,(H,19,22). The van der Waals surface area contributed by atoms with Gasteiger partial charge in [-0.1, -0.05) is 6.42 Å². The molecule has 1 saturated heterocycles. The van der Waals surface area contributed by atoms with Gasteiger partial charge in [0.05, 0.1) is 18.5 Å². The van der Waals surface area contributed by atoms with Gasteiger partial charge in [0.2, 0.25) is 5.91 Å². The van der Waals surface area contributed by atoms with Crippen molar-refractivity contribution in [1.29, 1.82) is 0 Å². The van der Waals surface area contributed by atoms with Gasteiger partial charge >= 0.3 is 6.09 Å². The molecule has 1 aliphatic heterocycles. The molecule has 0 atom stereocenters. The molecule has 2 heterocycles. The quantitative estimate of drug-likeness (QED) is 0.914. The molecule has 7 heteroatoms. The predicted octanol–water partition coefficient (Wildman–Crippen LogP) is 2.10. The highest BCUT2D eigenvalue weighted by molar-refractivity contribution is 5.92. The van der Waals surface area contributed by atoms with E-state index in [1.807, 2.05) is 19.1 Å². The largest absolute Gasteiger partial charge is 0.450 e. The van der Waals surface area contributed by atoms with Crippen LogP contribution in [0.3, 0.4) is 0 Å². The van der Waals surface area contributed by atoms with Crippen LogP contribution >= 0.6 is 0 Å². The number of pyridine rings is 1. The Bertz CT molecular complexity index is 578. The Kier molecular flexibility index (Phi) is 5.17. The monoisotopic (exact) mass is 332 g/mol. The Morgan fingerprint density at radius 3 is 2.54 bits per heavy atom. The van der Waals surface area contributed by atoms with Gasteiger partial charge in [0.1, 0.15) is 5.82 Å². The summed E-state index contributed by atoms with van der Waals surface area (Å²) in [4.78, 5) is 31.9. The summed E-state index contributed by atoms with van der Waals surface area (Å²) in [7, 11) is 0. The second kappa shape index (κ2) is 7.51. The van der Waals surface area contributed by atoms with E-state index in [9.17, 15) is 9.59 Å². The number of carbonyl (C=O) groups excluding carboxylic acids is 2. The van der Waals surface area contributed by atoms with Gasteiger partial charge in [0.15, 0.2) is 0 Å². The van der Waals surface area contributed by atoms with Crippen LogP contribution in [-0.2, 0) is 9.53 Å². The molecule has 1 saturated carbocycles. The van der Waals surface area contributed by atoms with Crippen molar-refractivity contribution in [1.82, 2.24) is 9.88 Å². The maximum Gasteiger partial charge on any atom is 0.409 e. The van der Waals surface area contributed by atoms with E-state index in [1.165, 1.54) is 0 Å². The van der Waals surface area contributed by atoms with Crippen LogP contribution in [0.1, 0.15) is 26.2 Å². The van der Waals surface area contributed by atoms with E-state index in [4.69, 9.17) is 4.74 Å². The second-order valence-electron chi connectivity index (χ2n) is 6.20. The van der Waals surface area contributed by atoms with Crippen LogP contribution in [0.2, 0.25) is 0 Å². The second-order valence-corrected chi connectivity index (χ2v) is 6.20. The fourth-order valence-corrected chi connectivity index (χ4v) is 2.89. The molecule has 0 spiro atoms. The van der Waals surface area contributed by atoms with Crippen molar-refractivity contribution in [2.24, 2.45) is 5.92 Å². The Hall–Kier alpha value is -2.31. The lowest BCUT2D eigenvalue weighted by atomic mass is 9.85. The van der Waals surface area contributed by atoms with Crippen LogP contribution in [0.15, 0.2) is 18.3 Å². The van der Waals surface area contributed by atoms with Gasteiger partial charge in [0.25, 0.3) is 0 Å². The fraction of sp³-hybridized carbons (Fsp3) is 0.588. The minimum absolute atomic E-state index is 0.0962. The van der Waals surface area contributed by atoms with Crippen molar-refractivity contribution < 1.29 is 14.3 Å². The zero-order valence-electron chi connectivity index (χ0n) is 14.0. The summed E-state index contributed by atoms with van der Waals surface area (Å²) in [5.74, 6) is 1.12. The predicted molar refractivity (Wildman–Crippen MR) is 91.0 cm³/mol. The van der Waals surface area contributed by atoms with Gasteiger partial charge in [-0.25, -0.2) is 9.78 Å². The van der Waals surface area contributed by atoms with E-state index in [1.54, 1.807) is 11.1 Å². The van der Waals surface area contributed by atoms with Crippen molar-refractivity contribution in [2.75, 3.05) is 43.0 Å².